The van der Waals surface area contributed by atoms with Gasteiger partial charge in [0.15, 0.2) is 6.26 Å². The van der Waals surface area contributed by atoms with Crippen molar-refractivity contribution < 1.29 is 13.3 Å². The Morgan fingerprint density at radius 3 is 2.79 bits per heavy atom. The average Bonchev–Trinajstić information content (AvgIpc) is 2.07. The zero-order valence-electron chi connectivity index (χ0n) is 8.39. The quantitative estimate of drug-likeness (QED) is 0.622. The molecule has 0 aliphatic carbocycles. The van der Waals surface area contributed by atoms with Gasteiger partial charge in [-0.15, -0.1) is 4.72 Å². The van der Waals surface area contributed by atoms with Crippen LogP contribution < -0.4 is 10.0 Å². The van der Waals surface area contributed by atoms with Gasteiger partial charge in [-0.05, 0) is 0 Å². The maximum atomic E-state index is 13.6. The van der Waals surface area contributed by atoms with Crippen molar-refractivity contribution in [2.24, 2.45) is 11.8 Å². The van der Waals surface area contributed by atoms with Gasteiger partial charge >= 0.3 is 0 Å². The topological polar surface area (TPSA) is 44.3 Å². The Morgan fingerprint density at radius 1 is 1.57 bits per heavy atom. The molecule has 14 heavy (non-hydrogen) atoms. The second-order valence-electron chi connectivity index (χ2n) is 3.76. The summed E-state index contributed by atoms with van der Waals surface area (Å²) in [5, 5.41) is 2.97. The van der Waals surface area contributed by atoms with E-state index in [9.17, 15) is 8.78 Å². The van der Waals surface area contributed by atoms with E-state index in [1.807, 2.05) is 0 Å². The molecule has 6 heteroatoms. The van der Waals surface area contributed by atoms with E-state index in [0.717, 1.165) is 0 Å². The Labute approximate surface area is 85.9 Å². The number of hydrogen-bond acceptors (Lipinski definition) is 3. The molecule has 0 amide bonds. The van der Waals surface area contributed by atoms with E-state index in [0.29, 0.717) is 13.1 Å². The first-order valence-electron chi connectivity index (χ1n) is 4.61. The van der Waals surface area contributed by atoms with Gasteiger partial charge in [0.1, 0.15) is 0 Å². The third kappa shape index (κ3) is 2.79. The molecular formula is C8H17F2N2OS+. The number of piperidine rings is 1. The fraction of sp³-hybridized carbons (Fsp3) is 1.00. The standard InChI is InChI=1S/C8H17F2N2OS/c1-6-3-11-4-7(8(6,9)10)5-12-14(2)13/h6-7,11-13H,3-5H2,1-2H3/q+1. The summed E-state index contributed by atoms with van der Waals surface area (Å²) in [5.41, 5.74) is 0. The molecule has 0 radical (unpaired) electrons. The van der Waals surface area contributed by atoms with E-state index >= 15 is 0 Å². The maximum absolute atomic E-state index is 13.6. The van der Waals surface area contributed by atoms with Gasteiger partial charge in [-0.2, -0.15) is 4.55 Å². The highest BCUT2D eigenvalue weighted by atomic mass is 32.2. The second kappa shape index (κ2) is 4.74. The zero-order chi connectivity index (χ0) is 10.8. The lowest BCUT2D eigenvalue weighted by Gasteiger charge is -2.36. The van der Waals surface area contributed by atoms with Crippen LogP contribution in [0.15, 0.2) is 0 Å². The van der Waals surface area contributed by atoms with Crippen LogP contribution in [0.5, 0.6) is 0 Å². The Morgan fingerprint density at radius 2 is 2.21 bits per heavy atom. The van der Waals surface area contributed by atoms with E-state index in [2.05, 4.69) is 10.0 Å². The molecule has 0 aromatic heterocycles. The second-order valence-corrected chi connectivity index (χ2v) is 5.00. The van der Waals surface area contributed by atoms with Gasteiger partial charge in [-0.3, -0.25) is 0 Å². The van der Waals surface area contributed by atoms with Crippen molar-refractivity contribution in [3.63, 3.8) is 0 Å². The first-order chi connectivity index (χ1) is 6.44. The molecule has 1 saturated heterocycles. The molecule has 3 unspecified atom stereocenters. The normalized spacial score (nSPS) is 34.1. The number of halogens is 2. The maximum Gasteiger partial charge on any atom is 0.257 e. The minimum Gasteiger partial charge on any atom is -0.316 e. The fourth-order valence-electron chi connectivity index (χ4n) is 1.58. The van der Waals surface area contributed by atoms with Crippen molar-refractivity contribution in [1.29, 1.82) is 0 Å². The van der Waals surface area contributed by atoms with Crippen LogP contribution in [0.4, 0.5) is 8.78 Å². The predicted octanol–water partition coefficient (Wildman–Crippen LogP) is 0.703. The molecule has 1 heterocycles. The van der Waals surface area contributed by atoms with Crippen LogP contribution in [0, 0.1) is 11.8 Å². The van der Waals surface area contributed by atoms with Crippen LogP contribution in [-0.2, 0) is 11.4 Å². The highest BCUT2D eigenvalue weighted by Crippen LogP contribution is 2.34. The first kappa shape index (κ1) is 12.2. The molecule has 1 fully saturated rings. The van der Waals surface area contributed by atoms with Crippen molar-refractivity contribution in [3.05, 3.63) is 0 Å². The van der Waals surface area contributed by atoms with Crippen molar-refractivity contribution in [2.75, 3.05) is 25.9 Å². The lowest BCUT2D eigenvalue weighted by atomic mass is 9.87. The number of rotatable bonds is 3. The largest absolute Gasteiger partial charge is 0.316 e. The summed E-state index contributed by atoms with van der Waals surface area (Å²) >= 11 is -0.973. The van der Waals surface area contributed by atoms with Crippen LogP contribution in [0.2, 0.25) is 0 Å². The SMILES string of the molecule is CC1CNCC(CN[S+](C)O)C1(F)F. The Bertz CT molecular complexity index is 192. The summed E-state index contributed by atoms with van der Waals surface area (Å²) in [5.74, 6) is -4.01. The Hall–Kier alpha value is 0.0900. The summed E-state index contributed by atoms with van der Waals surface area (Å²) < 4.78 is 38.7. The van der Waals surface area contributed by atoms with Crippen molar-refractivity contribution in [1.82, 2.24) is 10.0 Å². The highest BCUT2D eigenvalue weighted by Gasteiger charge is 2.47. The van der Waals surface area contributed by atoms with Gasteiger partial charge in [0.25, 0.3) is 5.92 Å². The van der Waals surface area contributed by atoms with Gasteiger partial charge in [0, 0.05) is 19.0 Å². The molecule has 3 atom stereocenters. The summed E-state index contributed by atoms with van der Waals surface area (Å²) in [4.78, 5) is 0. The van der Waals surface area contributed by atoms with Gasteiger partial charge in [-0.1, -0.05) is 6.92 Å². The molecule has 0 bridgehead atoms. The third-order valence-electron chi connectivity index (χ3n) is 2.58. The minimum absolute atomic E-state index is 0.153. The molecule has 0 aromatic carbocycles. The highest BCUT2D eigenvalue weighted by molar-refractivity contribution is 7.88. The Balaban J connectivity index is 2.49. The smallest absolute Gasteiger partial charge is 0.257 e. The number of alkyl halides is 2. The van der Waals surface area contributed by atoms with Crippen LogP contribution >= 0.6 is 0 Å². The molecule has 1 aliphatic heterocycles. The summed E-state index contributed by atoms with van der Waals surface area (Å²) in [6.07, 6.45) is 1.55. The zero-order valence-corrected chi connectivity index (χ0v) is 9.20. The van der Waals surface area contributed by atoms with E-state index in [1.54, 1.807) is 13.2 Å². The fourth-order valence-corrected chi connectivity index (χ4v) is 2.02. The molecule has 0 saturated carbocycles. The summed E-state index contributed by atoms with van der Waals surface area (Å²) in [7, 11) is 0. The van der Waals surface area contributed by atoms with Gasteiger partial charge < -0.3 is 5.32 Å². The van der Waals surface area contributed by atoms with Gasteiger partial charge in [0.05, 0.1) is 12.5 Å². The molecule has 0 spiro atoms. The van der Waals surface area contributed by atoms with Crippen LogP contribution in [0.3, 0.4) is 0 Å². The van der Waals surface area contributed by atoms with Gasteiger partial charge in [0.2, 0.25) is 11.4 Å². The minimum atomic E-state index is -2.64. The lowest BCUT2D eigenvalue weighted by Crippen LogP contribution is -2.54. The molecule has 84 valence electrons. The van der Waals surface area contributed by atoms with Gasteiger partial charge in [-0.25, -0.2) is 8.78 Å². The predicted molar refractivity (Wildman–Crippen MR) is 54.4 cm³/mol. The van der Waals surface area contributed by atoms with Crippen molar-refractivity contribution in [2.45, 2.75) is 12.8 Å². The van der Waals surface area contributed by atoms with E-state index in [1.165, 1.54) is 0 Å². The monoisotopic (exact) mass is 227 g/mol. The van der Waals surface area contributed by atoms with Crippen LogP contribution in [0.1, 0.15) is 6.92 Å². The average molecular weight is 227 g/mol. The summed E-state index contributed by atoms with van der Waals surface area (Å²) in [6, 6.07) is 0. The molecular weight excluding hydrogens is 210 g/mol. The number of nitrogens with one attached hydrogen (secondary N) is 2. The molecule has 3 N–H and O–H groups in total. The van der Waals surface area contributed by atoms with E-state index < -0.39 is 29.1 Å². The van der Waals surface area contributed by atoms with E-state index in [4.69, 9.17) is 4.55 Å². The first-order valence-corrected chi connectivity index (χ1v) is 6.20. The molecule has 0 aromatic rings. The molecule has 1 rings (SSSR count). The van der Waals surface area contributed by atoms with Crippen molar-refractivity contribution >= 4 is 11.4 Å². The van der Waals surface area contributed by atoms with Crippen LogP contribution in [-0.4, -0.2) is 36.4 Å². The third-order valence-corrected chi connectivity index (χ3v) is 3.17. The molecule has 1 aliphatic rings. The molecule has 3 nitrogen and oxygen atoms in total. The Kier molecular flexibility index (Phi) is 4.12. The van der Waals surface area contributed by atoms with Crippen molar-refractivity contribution in [3.8, 4) is 0 Å². The van der Waals surface area contributed by atoms with E-state index in [-0.39, 0.29) is 6.54 Å². The van der Waals surface area contributed by atoms with Crippen LogP contribution in [0.25, 0.3) is 0 Å². The number of hydrogen-bond donors (Lipinski definition) is 3. The summed E-state index contributed by atoms with van der Waals surface area (Å²) in [6.45, 7) is 2.37. The lowest BCUT2D eigenvalue weighted by molar-refractivity contribution is -0.115.